The quantitative estimate of drug-likeness (QED) is 0.448. The van der Waals surface area contributed by atoms with E-state index >= 15 is 0 Å². The lowest BCUT2D eigenvalue weighted by molar-refractivity contribution is -0.105. The average molecular weight is 205 g/mol. The Morgan fingerprint density at radius 3 is 2.93 bits per heavy atom. The first kappa shape index (κ1) is 11.2. The van der Waals surface area contributed by atoms with E-state index in [4.69, 9.17) is 5.73 Å². The molecular formula is C11H15N3O. The number of anilines is 1. The monoisotopic (exact) mass is 205 g/mol. The lowest BCUT2D eigenvalue weighted by Crippen LogP contribution is -2.08. The van der Waals surface area contributed by atoms with Crippen molar-refractivity contribution >= 4 is 23.6 Å². The lowest BCUT2D eigenvalue weighted by Gasteiger charge is -2.04. The number of hydrogen-bond donors (Lipinski definition) is 2. The molecule has 0 atom stereocenters. The molecule has 0 fully saturated rings. The summed E-state index contributed by atoms with van der Waals surface area (Å²) in [7, 11) is 0. The number of aliphatic imine (C=N–C) groups is 1. The highest BCUT2D eigenvalue weighted by atomic mass is 16.1. The molecule has 0 aliphatic carbocycles. The van der Waals surface area contributed by atoms with E-state index in [0.29, 0.717) is 18.7 Å². The summed E-state index contributed by atoms with van der Waals surface area (Å²) in [6.07, 6.45) is 1.35. The minimum Gasteiger partial charge on any atom is -0.387 e. The molecule has 0 heterocycles. The highest BCUT2D eigenvalue weighted by molar-refractivity contribution is 5.84. The van der Waals surface area contributed by atoms with Gasteiger partial charge in [0.05, 0.1) is 11.5 Å². The molecule has 0 bridgehead atoms. The van der Waals surface area contributed by atoms with Gasteiger partial charge in [-0.15, -0.1) is 0 Å². The number of amidine groups is 1. The summed E-state index contributed by atoms with van der Waals surface area (Å²) in [6, 6.07) is 5.52. The first-order chi connectivity index (χ1) is 7.17. The number of nitrogens with two attached hydrogens (primary N) is 1. The maximum atomic E-state index is 10.3. The number of nitrogens with one attached hydrogen (secondary N) is 1. The Kier molecular flexibility index (Phi) is 3.85. The van der Waals surface area contributed by atoms with E-state index in [2.05, 4.69) is 10.3 Å². The van der Waals surface area contributed by atoms with Crippen LogP contribution in [0.5, 0.6) is 0 Å². The fourth-order valence-corrected chi connectivity index (χ4v) is 1.12. The Morgan fingerprint density at radius 2 is 2.33 bits per heavy atom. The molecule has 3 N–H and O–H groups in total. The first-order valence-corrected chi connectivity index (χ1v) is 4.81. The second-order valence-electron chi connectivity index (χ2n) is 3.22. The van der Waals surface area contributed by atoms with Gasteiger partial charge in [-0.2, -0.15) is 0 Å². The van der Waals surface area contributed by atoms with Crippen molar-refractivity contribution in [3.05, 3.63) is 23.8 Å². The molecule has 1 amide bonds. The molecule has 80 valence electrons. The van der Waals surface area contributed by atoms with E-state index in [1.807, 2.05) is 26.0 Å². The fourth-order valence-electron chi connectivity index (χ4n) is 1.12. The number of hydrogen-bond acceptors (Lipinski definition) is 2. The van der Waals surface area contributed by atoms with Gasteiger partial charge >= 0.3 is 0 Å². The molecule has 1 aromatic rings. The van der Waals surface area contributed by atoms with Crippen LogP contribution in [-0.4, -0.2) is 12.2 Å². The second-order valence-corrected chi connectivity index (χ2v) is 3.22. The summed E-state index contributed by atoms with van der Waals surface area (Å²) < 4.78 is 0. The molecule has 1 rings (SSSR count). The number of rotatable bonds is 4. The van der Waals surface area contributed by atoms with Crippen molar-refractivity contribution in [2.75, 3.05) is 5.32 Å². The van der Waals surface area contributed by atoms with E-state index < -0.39 is 0 Å². The van der Waals surface area contributed by atoms with E-state index in [9.17, 15) is 4.79 Å². The van der Waals surface area contributed by atoms with Gasteiger partial charge in [0.25, 0.3) is 0 Å². The standard InChI is InChI=1S/C11H15N3O/c1-3-11(12)14-10-6-9(13-7-15)5-4-8(10)2/h4-7H,3H2,1-2H3,(H2,12,14)(H,13,15). The van der Waals surface area contributed by atoms with Crippen molar-refractivity contribution in [2.45, 2.75) is 20.3 Å². The summed E-state index contributed by atoms with van der Waals surface area (Å²) in [5.41, 5.74) is 8.20. The number of aryl methyl sites for hydroxylation is 1. The van der Waals surface area contributed by atoms with Gasteiger partial charge in [-0.3, -0.25) is 4.79 Å². The molecule has 0 unspecified atom stereocenters. The summed E-state index contributed by atoms with van der Waals surface area (Å²) in [5.74, 6) is 0.585. The van der Waals surface area contributed by atoms with Crippen LogP contribution in [0.15, 0.2) is 23.2 Å². The Balaban J connectivity index is 3.05. The molecule has 1 aromatic carbocycles. The van der Waals surface area contributed by atoms with E-state index in [1.54, 1.807) is 6.07 Å². The molecule has 4 heteroatoms. The van der Waals surface area contributed by atoms with Crippen LogP contribution in [0.4, 0.5) is 11.4 Å². The SMILES string of the molecule is CCC(N)=Nc1cc(NC=O)ccc1C. The lowest BCUT2D eigenvalue weighted by atomic mass is 10.2. The smallest absolute Gasteiger partial charge is 0.211 e. The molecule has 15 heavy (non-hydrogen) atoms. The number of benzene rings is 1. The minimum absolute atomic E-state index is 0.585. The Labute approximate surface area is 89.2 Å². The van der Waals surface area contributed by atoms with Gasteiger partial charge in [0.2, 0.25) is 6.41 Å². The predicted molar refractivity (Wildman–Crippen MR) is 62.4 cm³/mol. The highest BCUT2D eigenvalue weighted by Gasteiger charge is 1.99. The third-order valence-corrected chi connectivity index (χ3v) is 2.06. The highest BCUT2D eigenvalue weighted by Crippen LogP contribution is 2.22. The minimum atomic E-state index is 0.585. The summed E-state index contributed by atoms with van der Waals surface area (Å²) in [6.45, 7) is 3.90. The van der Waals surface area contributed by atoms with Gasteiger partial charge in [0.15, 0.2) is 0 Å². The van der Waals surface area contributed by atoms with Gasteiger partial charge in [-0.1, -0.05) is 13.0 Å². The third-order valence-electron chi connectivity index (χ3n) is 2.06. The largest absolute Gasteiger partial charge is 0.387 e. The summed E-state index contributed by atoms with van der Waals surface area (Å²) in [5, 5.41) is 2.58. The molecule has 0 aliphatic rings. The number of nitrogens with zero attached hydrogens (tertiary/aromatic N) is 1. The maximum absolute atomic E-state index is 10.3. The van der Waals surface area contributed by atoms with Crippen molar-refractivity contribution in [1.29, 1.82) is 0 Å². The second kappa shape index (κ2) is 5.14. The van der Waals surface area contributed by atoms with Gasteiger partial charge in [-0.25, -0.2) is 4.99 Å². The van der Waals surface area contributed by atoms with E-state index in [1.165, 1.54) is 0 Å². The normalized spacial score (nSPS) is 11.2. The predicted octanol–water partition coefficient (Wildman–Crippen LogP) is 1.96. The Hall–Kier alpha value is -1.84. The van der Waals surface area contributed by atoms with Crippen molar-refractivity contribution in [3.63, 3.8) is 0 Å². The van der Waals surface area contributed by atoms with Gasteiger partial charge in [0.1, 0.15) is 0 Å². The zero-order chi connectivity index (χ0) is 11.3. The molecule has 0 spiro atoms. The van der Waals surface area contributed by atoms with Crippen LogP contribution in [0.1, 0.15) is 18.9 Å². The maximum Gasteiger partial charge on any atom is 0.211 e. The number of carbonyl (C=O) groups is 1. The van der Waals surface area contributed by atoms with Crippen LogP contribution >= 0.6 is 0 Å². The Morgan fingerprint density at radius 1 is 1.60 bits per heavy atom. The van der Waals surface area contributed by atoms with Crippen molar-refractivity contribution in [2.24, 2.45) is 10.7 Å². The molecule has 0 saturated carbocycles. The molecule has 0 aromatic heterocycles. The molecule has 0 radical (unpaired) electrons. The van der Waals surface area contributed by atoms with Crippen molar-refractivity contribution < 1.29 is 4.79 Å². The molecule has 4 nitrogen and oxygen atoms in total. The summed E-state index contributed by atoms with van der Waals surface area (Å²) >= 11 is 0. The molecule has 0 aliphatic heterocycles. The van der Waals surface area contributed by atoms with Crippen LogP contribution in [0.2, 0.25) is 0 Å². The molecular weight excluding hydrogens is 190 g/mol. The number of carbonyl (C=O) groups excluding carboxylic acids is 1. The fraction of sp³-hybridized carbons (Fsp3) is 0.273. The van der Waals surface area contributed by atoms with Gasteiger partial charge in [0, 0.05) is 12.1 Å². The Bertz CT molecular complexity index is 385. The third kappa shape index (κ3) is 3.09. The van der Waals surface area contributed by atoms with Crippen molar-refractivity contribution in [3.8, 4) is 0 Å². The number of amides is 1. The van der Waals surface area contributed by atoms with Crippen LogP contribution in [0.3, 0.4) is 0 Å². The van der Waals surface area contributed by atoms with Crippen LogP contribution in [0, 0.1) is 6.92 Å². The average Bonchev–Trinajstić information content (AvgIpc) is 2.23. The van der Waals surface area contributed by atoms with Crippen LogP contribution in [-0.2, 0) is 4.79 Å². The van der Waals surface area contributed by atoms with E-state index in [0.717, 1.165) is 16.9 Å². The first-order valence-electron chi connectivity index (χ1n) is 4.81. The molecule has 0 saturated heterocycles. The summed E-state index contributed by atoms with van der Waals surface area (Å²) in [4.78, 5) is 14.5. The van der Waals surface area contributed by atoms with Gasteiger partial charge < -0.3 is 11.1 Å². The topological polar surface area (TPSA) is 67.5 Å². The van der Waals surface area contributed by atoms with Crippen molar-refractivity contribution in [1.82, 2.24) is 0 Å². The zero-order valence-corrected chi connectivity index (χ0v) is 8.95. The van der Waals surface area contributed by atoms with Gasteiger partial charge in [-0.05, 0) is 24.6 Å². The van der Waals surface area contributed by atoms with E-state index in [-0.39, 0.29) is 0 Å². The zero-order valence-electron chi connectivity index (χ0n) is 8.95. The van der Waals surface area contributed by atoms with Crippen LogP contribution < -0.4 is 11.1 Å². The van der Waals surface area contributed by atoms with Crippen LogP contribution in [0.25, 0.3) is 0 Å².